The first-order valence-corrected chi connectivity index (χ1v) is 8.55. The zero-order chi connectivity index (χ0) is 17.4. The predicted octanol–water partition coefficient (Wildman–Crippen LogP) is 2.68. The van der Waals surface area contributed by atoms with E-state index in [2.05, 4.69) is 15.6 Å². The number of halogens is 1. The molecule has 142 valence electrons. The van der Waals surface area contributed by atoms with Crippen LogP contribution in [0, 0.1) is 0 Å². The monoisotopic (exact) mass is 463 g/mol. The molecule has 0 saturated heterocycles. The Labute approximate surface area is 167 Å². The molecule has 0 unspecified atom stereocenters. The largest absolute Gasteiger partial charge is 0.493 e. The van der Waals surface area contributed by atoms with Gasteiger partial charge in [-0.3, -0.25) is 0 Å². The highest BCUT2D eigenvalue weighted by molar-refractivity contribution is 14.0. The van der Waals surface area contributed by atoms with E-state index in [0.29, 0.717) is 30.5 Å². The smallest absolute Gasteiger partial charge is 0.191 e. The van der Waals surface area contributed by atoms with Crippen molar-refractivity contribution in [1.29, 1.82) is 0 Å². The van der Waals surface area contributed by atoms with Gasteiger partial charge in [0.15, 0.2) is 17.5 Å². The number of hydrogen-bond acceptors (Lipinski definition) is 4. The Morgan fingerprint density at radius 2 is 1.84 bits per heavy atom. The van der Waals surface area contributed by atoms with Gasteiger partial charge in [0.25, 0.3) is 0 Å². The summed E-state index contributed by atoms with van der Waals surface area (Å²) in [5, 5.41) is 16.9. The zero-order valence-electron chi connectivity index (χ0n) is 15.3. The van der Waals surface area contributed by atoms with Crippen LogP contribution in [0.25, 0.3) is 0 Å². The van der Waals surface area contributed by atoms with Crippen molar-refractivity contribution in [3.63, 3.8) is 0 Å². The van der Waals surface area contributed by atoms with E-state index in [1.807, 2.05) is 25.1 Å². The number of ether oxygens (including phenoxy) is 2. The highest BCUT2D eigenvalue weighted by atomic mass is 127. The Balaban J connectivity index is 0.00000312. The number of nitrogens with zero attached hydrogens (tertiary/aromatic N) is 1. The molecule has 1 aliphatic rings. The minimum absolute atomic E-state index is 0. The molecule has 6 nitrogen and oxygen atoms in total. The third kappa shape index (κ3) is 6.54. The van der Waals surface area contributed by atoms with Crippen LogP contribution in [0.2, 0.25) is 0 Å². The second kappa shape index (κ2) is 10.7. The molecule has 0 aliphatic heterocycles. The van der Waals surface area contributed by atoms with Crippen molar-refractivity contribution in [2.75, 3.05) is 27.3 Å². The minimum Gasteiger partial charge on any atom is -0.493 e. The number of aliphatic imine (C=N–C) groups is 1. The van der Waals surface area contributed by atoms with E-state index in [9.17, 15) is 5.11 Å². The summed E-state index contributed by atoms with van der Waals surface area (Å²) < 4.78 is 10.6. The van der Waals surface area contributed by atoms with Gasteiger partial charge in [-0.15, -0.1) is 24.0 Å². The summed E-state index contributed by atoms with van der Waals surface area (Å²) in [6.45, 7) is 3.85. The van der Waals surface area contributed by atoms with Gasteiger partial charge in [-0.25, -0.2) is 4.99 Å². The molecule has 1 aromatic carbocycles. The van der Waals surface area contributed by atoms with Crippen molar-refractivity contribution in [2.45, 2.75) is 44.8 Å². The number of guanidine groups is 1. The lowest BCUT2D eigenvalue weighted by atomic mass is 10.0. The van der Waals surface area contributed by atoms with E-state index < -0.39 is 5.60 Å². The zero-order valence-corrected chi connectivity index (χ0v) is 17.6. The number of aliphatic hydroxyl groups is 1. The van der Waals surface area contributed by atoms with Gasteiger partial charge < -0.3 is 25.2 Å². The number of nitrogens with one attached hydrogen (secondary N) is 2. The van der Waals surface area contributed by atoms with Crippen LogP contribution in [0.5, 0.6) is 11.5 Å². The highest BCUT2D eigenvalue weighted by Crippen LogP contribution is 2.29. The molecule has 0 atom stereocenters. The first kappa shape index (κ1) is 21.8. The molecule has 7 heteroatoms. The standard InChI is InChI=1S/C18H29N3O3.HI/c1-4-19-17(21-13-18(22)9-5-6-10-18)20-12-14-7-8-15(23-2)16(11-14)24-3;/h7-8,11,22H,4-6,9-10,12-13H2,1-3H3,(H2,19,20,21);1H. The number of rotatable bonds is 7. The van der Waals surface area contributed by atoms with E-state index in [-0.39, 0.29) is 24.0 Å². The van der Waals surface area contributed by atoms with Crippen LogP contribution in [0.1, 0.15) is 38.2 Å². The van der Waals surface area contributed by atoms with Gasteiger partial charge in [0, 0.05) is 13.1 Å². The van der Waals surface area contributed by atoms with Crippen molar-refractivity contribution in [1.82, 2.24) is 10.6 Å². The number of hydrogen-bond donors (Lipinski definition) is 3. The maximum Gasteiger partial charge on any atom is 0.191 e. The van der Waals surface area contributed by atoms with Crippen LogP contribution in [-0.4, -0.2) is 44.0 Å². The molecular weight excluding hydrogens is 433 g/mol. The average molecular weight is 463 g/mol. The lowest BCUT2D eigenvalue weighted by molar-refractivity contribution is 0.0522. The van der Waals surface area contributed by atoms with E-state index in [4.69, 9.17) is 9.47 Å². The maximum absolute atomic E-state index is 10.4. The second-order valence-electron chi connectivity index (χ2n) is 6.17. The molecule has 25 heavy (non-hydrogen) atoms. The van der Waals surface area contributed by atoms with Crippen molar-refractivity contribution in [3.05, 3.63) is 23.8 Å². The summed E-state index contributed by atoms with van der Waals surface area (Å²) in [6, 6.07) is 5.78. The van der Waals surface area contributed by atoms with Gasteiger partial charge in [-0.05, 0) is 37.5 Å². The quantitative estimate of drug-likeness (QED) is 0.330. The summed E-state index contributed by atoms with van der Waals surface area (Å²) in [5.41, 5.74) is 0.434. The fourth-order valence-corrected chi connectivity index (χ4v) is 2.95. The first-order chi connectivity index (χ1) is 11.6. The molecular formula is C18H30IN3O3. The Morgan fingerprint density at radius 3 is 2.44 bits per heavy atom. The number of benzene rings is 1. The van der Waals surface area contributed by atoms with E-state index >= 15 is 0 Å². The Morgan fingerprint density at radius 1 is 1.16 bits per heavy atom. The third-order valence-corrected chi connectivity index (χ3v) is 4.33. The van der Waals surface area contributed by atoms with E-state index in [1.54, 1.807) is 14.2 Å². The van der Waals surface area contributed by atoms with Gasteiger partial charge in [0.2, 0.25) is 0 Å². The van der Waals surface area contributed by atoms with Crippen molar-refractivity contribution < 1.29 is 14.6 Å². The van der Waals surface area contributed by atoms with Crippen LogP contribution in [0.4, 0.5) is 0 Å². The predicted molar refractivity (Wildman–Crippen MR) is 111 cm³/mol. The molecule has 0 aromatic heterocycles. The molecule has 0 heterocycles. The maximum atomic E-state index is 10.4. The van der Waals surface area contributed by atoms with Gasteiger partial charge in [-0.1, -0.05) is 18.9 Å². The molecule has 0 amide bonds. The molecule has 0 spiro atoms. The molecule has 0 bridgehead atoms. The van der Waals surface area contributed by atoms with Gasteiger partial charge in [0.1, 0.15) is 0 Å². The Kier molecular flexibility index (Phi) is 9.34. The molecule has 1 aromatic rings. The van der Waals surface area contributed by atoms with Crippen molar-refractivity contribution >= 4 is 29.9 Å². The summed E-state index contributed by atoms with van der Waals surface area (Å²) in [7, 11) is 3.25. The van der Waals surface area contributed by atoms with Crippen molar-refractivity contribution in [2.24, 2.45) is 4.99 Å². The Bertz CT molecular complexity index is 560. The molecule has 3 N–H and O–H groups in total. The van der Waals surface area contributed by atoms with Gasteiger partial charge in [0.05, 0.1) is 26.4 Å². The summed E-state index contributed by atoms with van der Waals surface area (Å²) >= 11 is 0. The van der Waals surface area contributed by atoms with Crippen LogP contribution >= 0.6 is 24.0 Å². The van der Waals surface area contributed by atoms with E-state index in [1.165, 1.54) is 0 Å². The lowest BCUT2D eigenvalue weighted by Gasteiger charge is -2.23. The van der Waals surface area contributed by atoms with Gasteiger partial charge in [-0.2, -0.15) is 0 Å². The third-order valence-electron chi connectivity index (χ3n) is 4.33. The fourth-order valence-electron chi connectivity index (χ4n) is 2.95. The minimum atomic E-state index is -0.598. The average Bonchev–Trinajstić information content (AvgIpc) is 3.04. The lowest BCUT2D eigenvalue weighted by Crippen LogP contribution is -2.46. The van der Waals surface area contributed by atoms with Crippen LogP contribution in [0.3, 0.4) is 0 Å². The first-order valence-electron chi connectivity index (χ1n) is 8.55. The van der Waals surface area contributed by atoms with Crippen molar-refractivity contribution in [3.8, 4) is 11.5 Å². The fraction of sp³-hybridized carbons (Fsp3) is 0.611. The second-order valence-corrected chi connectivity index (χ2v) is 6.17. The van der Waals surface area contributed by atoms with Crippen LogP contribution in [-0.2, 0) is 6.54 Å². The molecule has 2 rings (SSSR count). The van der Waals surface area contributed by atoms with E-state index in [0.717, 1.165) is 37.8 Å². The topological polar surface area (TPSA) is 75.1 Å². The number of methoxy groups -OCH3 is 2. The summed E-state index contributed by atoms with van der Waals surface area (Å²) in [4.78, 5) is 4.59. The van der Waals surface area contributed by atoms with Gasteiger partial charge >= 0.3 is 0 Å². The van der Waals surface area contributed by atoms with Crippen LogP contribution < -0.4 is 20.1 Å². The van der Waals surface area contributed by atoms with Crippen LogP contribution in [0.15, 0.2) is 23.2 Å². The molecule has 1 aliphatic carbocycles. The summed E-state index contributed by atoms with van der Waals surface area (Å²) in [5.74, 6) is 2.12. The Hall–Kier alpha value is -1.22. The molecule has 0 radical (unpaired) electrons. The normalized spacial score (nSPS) is 16.1. The SMILES string of the molecule is CCNC(=NCc1ccc(OC)c(OC)c1)NCC1(O)CCCC1.I. The molecule has 1 saturated carbocycles. The highest BCUT2D eigenvalue weighted by Gasteiger charge is 2.30. The molecule has 1 fully saturated rings. The summed E-state index contributed by atoms with van der Waals surface area (Å²) in [6.07, 6.45) is 3.90.